The molecule has 0 aromatic carbocycles. The van der Waals surface area contributed by atoms with E-state index in [1.807, 2.05) is 6.92 Å². The molecule has 0 unspecified atom stereocenters. The van der Waals surface area contributed by atoms with Gasteiger partial charge >= 0.3 is 5.97 Å². The molecule has 0 saturated carbocycles. The van der Waals surface area contributed by atoms with Gasteiger partial charge in [-0.2, -0.15) is 0 Å². The van der Waals surface area contributed by atoms with Crippen LogP contribution in [0.3, 0.4) is 0 Å². The van der Waals surface area contributed by atoms with Crippen LogP contribution in [0.2, 0.25) is 0 Å². The normalized spacial score (nSPS) is 9.44. The van der Waals surface area contributed by atoms with E-state index in [0.717, 1.165) is 13.0 Å². The molecule has 0 spiro atoms. The summed E-state index contributed by atoms with van der Waals surface area (Å²) in [5, 5.41) is 11.2. The lowest BCUT2D eigenvalue weighted by atomic mass is 10.4. The number of hydrogen-bond acceptors (Lipinski definition) is 2. The van der Waals surface area contributed by atoms with Gasteiger partial charge in [0, 0.05) is 6.54 Å². The molecule has 0 aliphatic rings. The van der Waals surface area contributed by atoms with E-state index in [9.17, 15) is 4.79 Å². The summed E-state index contributed by atoms with van der Waals surface area (Å²) in [5.41, 5.74) is 0. The lowest BCUT2D eigenvalue weighted by Gasteiger charge is -1.97. The Hall–Kier alpha value is -0.570. The van der Waals surface area contributed by atoms with E-state index in [1.54, 1.807) is 0 Å². The fourth-order valence-electron chi connectivity index (χ4n) is 0.497. The van der Waals surface area contributed by atoms with Gasteiger partial charge in [0.15, 0.2) is 0 Å². The molecule has 0 aliphatic carbocycles. The molecule has 0 heterocycles. The number of carboxylic acid groups (broad SMARTS) is 1. The van der Waals surface area contributed by atoms with Crippen LogP contribution in [0.1, 0.15) is 19.8 Å². The van der Waals surface area contributed by atoms with Crippen molar-refractivity contribution in [2.24, 2.45) is 0 Å². The lowest BCUT2D eigenvalue weighted by Crippen LogP contribution is -2.18. The number of rotatable bonds is 5. The Morgan fingerprint density at radius 1 is 1.56 bits per heavy atom. The minimum absolute atomic E-state index is 0.222. The van der Waals surface area contributed by atoms with Crippen LogP contribution in [0.4, 0.5) is 0 Å². The minimum atomic E-state index is -0.737. The Morgan fingerprint density at radius 3 is 2.67 bits per heavy atom. The van der Waals surface area contributed by atoms with Crippen molar-refractivity contribution < 1.29 is 9.90 Å². The van der Waals surface area contributed by atoms with Crippen LogP contribution in [-0.4, -0.2) is 24.2 Å². The third-order valence-corrected chi connectivity index (χ3v) is 0.942. The van der Waals surface area contributed by atoms with Crippen molar-refractivity contribution in [3.8, 4) is 0 Å². The third-order valence-electron chi connectivity index (χ3n) is 0.942. The second-order valence-electron chi connectivity index (χ2n) is 1.89. The fourth-order valence-corrected chi connectivity index (χ4v) is 0.497. The zero-order chi connectivity index (χ0) is 7.11. The van der Waals surface area contributed by atoms with E-state index in [1.165, 1.54) is 0 Å². The van der Waals surface area contributed by atoms with Crippen molar-refractivity contribution in [2.45, 2.75) is 19.8 Å². The Morgan fingerprint density at radius 2 is 2.22 bits per heavy atom. The molecule has 0 aromatic heterocycles. The van der Waals surface area contributed by atoms with Gasteiger partial charge in [0.1, 0.15) is 0 Å². The van der Waals surface area contributed by atoms with E-state index >= 15 is 0 Å². The molecule has 0 bridgehead atoms. The predicted molar refractivity (Wildman–Crippen MR) is 35.4 cm³/mol. The molecule has 3 heteroatoms. The number of carbonyl (C=O) groups is 1. The molecule has 0 rings (SSSR count). The van der Waals surface area contributed by atoms with Gasteiger partial charge in [-0.1, -0.05) is 6.92 Å². The van der Waals surface area contributed by atoms with Gasteiger partial charge < -0.3 is 10.4 Å². The van der Waals surface area contributed by atoms with Gasteiger partial charge in [0.25, 0.3) is 0 Å². The molecule has 0 atom stereocenters. The van der Waals surface area contributed by atoms with Crippen LogP contribution in [0.15, 0.2) is 0 Å². The first-order valence-electron chi connectivity index (χ1n) is 3.20. The van der Waals surface area contributed by atoms with Crippen LogP contribution < -0.4 is 5.32 Å². The average Bonchev–Trinajstić information content (AvgIpc) is 1.80. The lowest BCUT2D eigenvalue weighted by molar-refractivity contribution is -0.136. The summed E-state index contributed by atoms with van der Waals surface area (Å²) in [4.78, 5) is 9.92. The van der Waals surface area contributed by atoms with E-state index < -0.39 is 5.97 Å². The molecule has 0 aromatic rings. The molecule has 9 heavy (non-hydrogen) atoms. The first-order chi connectivity index (χ1) is 4.27. The van der Waals surface area contributed by atoms with E-state index in [0.29, 0.717) is 6.54 Å². The summed E-state index contributed by atoms with van der Waals surface area (Å²) >= 11 is 0. The maximum absolute atomic E-state index is 9.92. The van der Waals surface area contributed by atoms with Gasteiger partial charge in [0.05, 0.1) is 6.42 Å². The Balaban J connectivity index is 2.83. The van der Waals surface area contributed by atoms with Gasteiger partial charge in [-0.15, -0.1) is 0 Å². The molecule has 54 valence electrons. The molecule has 0 saturated heterocycles. The highest BCUT2D eigenvalue weighted by Crippen LogP contribution is 1.75. The summed E-state index contributed by atoms with van der Waals surface area (Å²) < 4.78 is 0. The number of aliphatic carboxylic acids is 1. The summed E-state index contributed by atoms with van der Waals surface area (Å²) in [6.07, 6.45) is 1.28. The summed E-state index contributed by atoms with van der Waals surface area (Å²) in [6, 6.07) is 0. The van der Waals surface area contributed by atoms with Gasteiger partial charge in [-0.05, 0) is 13.0 Å². The average molecular weight is 131 g/mol. The van der Waals surface area contributed by atoms with Crippen molar-refractivity contribution in [1.29, 1.82) is 0 Å². The summed E-state index contributed by atoms with van der Waals surface area (Å²) in [7, 11) is 0. The van der Waals surface area contributed by atoms with Crippen LogP contribution in [0.5, 0.6) is 0 Å². The van der Waals surface area contributed by atoms with Gasteiger partial charge in [0.2, 0.25) is 0 Å². The molecule has 0 fully saturated rings. The van der Waals surface area contributed by atoms with Crippen molar-refractivity contribution in [3.05, 3.63) is 0 Å². The van der Waals surface area contributed by atoms with Crippen molar-refractivity contribution >= 4 is 5.97 Å². The number of nitrogens with one attached hydrogen (secondary N) is 1. The van der Waals surface area contributed by atoms with Gasteiger partial charge in [-0.25, -0.2) is 0 Å². The van der Waals surface area contributed by atoms with Gasteiger partial charge in [-0.3, -0.25) is 4.79 Å². The van der Waals surface area contributed by atoms with E-state index in [4.69, 9.17) is 5.11 Å². The summed E-state index contributed by atoms with van der Waals surface area (Å²) in [5.74, 6) is -0.737. The highest BCUT2D eigenvalue weighted by Gasteiger charge is 1.92. The zero-order valence-corrected chi connectivity index (χ0v) is 5.68. The smallest absolute Gasteiger partial charge is 0.304 e. The largest absolute Gasteiger partial charge is 0.481 e. The van der Waals surface area contributed by atoms with E-state index in [-0.39, 0.29) is 6.42 Å². The SMILES string of the molecule is CCCNCCC(=O)O. The van der Waals surface area contributed by atoms with Crippen LogP contribution in [0, 0.1) is 0 Å². The maximum Gasteiger partial charge on any atom is 0.304 e. The molecule has 0 radical (unpaired) electrons. The standard InChI is InChI=1S/C6H13NO2/c1-2-4-7-5-3-6(8)9/h7H,2-5H2,1H3,(H,8,9). The molecule has 3 nitrogen and oxygen atoms in total. The third kappa shape index (κ3) is 7.43. The van der Waals surface area contributed by atoms with Crippen LogP contribution in [0.25, 0.3) is 0 Å². The second kappa shape index (κ2) is 5.56. The topological polar surface area (TPSA) is 49.3 Å². The highest BCUT2D eigenvalue weighted by atomic mass is 16.4. The Bertz CT molecular complexity index is 83.1. The number of hydrogen-bond donors (Lipinski definition) is 2. The first kappa shape index (κ1) is 8.43. The Labute approximate surface area is 55.1 Å². The molecular formula is C6H13NO2. The van der Waals surface area contributed by atoms with Crippen LogP contribution in [-0.2, 0) is 4.79 Å². The first-order valence-corrected chi connectivity index (χ1v) is 3.20. The predicted octanol–water partition coefficient (Wildman–Crippen LogP) is 0.461. The highest BCUT2D eigenvalue weighted by molar-refractivity contribution is 5.66. The number of carboxylic acids is 1. The minimum Gasteiger partial charge on any atom is -0.481 e. The quantitative estimate of drug-likeness (QED) is 0.533. The van der Waals surface area contributed by atoms with Crippen molar-refractivity contribution in [3.63, 3.8) is 0 Å². The molecule has 0 aliphatic heterocycles. The molecular weight excluding hydrogens is 118 g/mol. The van der Waals surface area contributed by atoms with E-state index in [2.05, 4.69) is 5.32 Å². The second-order valence-corrected chi connectivity index (χ2v) is 1.89. The monoisotopic (exact) mass is 131 g/mol. The van der Waals surface area contributed by atoms with Crippen molar-refractivity contribution in [2.75, 3.05) is 13.1 Å². The Kier molecular flexibility index (Phi) is 5.21. The maximum atomic E-state index is 9.92. The van der Waals surface area contributed by atoms with Crippen molar-refractivity contribution in [1.82, 2.24) is 5.32 Å². The van der Waals surface area contributed by atoms with Crippen LogP contribution >= 0.6 is 0 Å². The zero-order valence-electron chi connectivity index (χ0n) is 5.68. The molecule has 2 N–H and O–H groups in total. The summed E-state index contributed by atoms with van der Waals surface area (Å²) in [6.45, 7) is 3.55. The fraction of sp³-hybridized carbons (Fsp3) is 0.833. The molecule has 0 amide bonds.